The van der Waals surface area contributed by atoms with Crippen molar-refractivity contribution < 1.29 is 4.74 Å². The zero-order valence-electron chi connectivity index (χ0n) is 11.1. The molecule has 0 aliphatic rings. The minimum Gasteiger partial charge on any atom is -0.489 e. The van der Waals surface area contributed by atoms with Crippen molar-refractivity contribution in [2.24, 2.45) is 0 Å². The normalized spacial score (nSPS) is 12.8. The lowest BCUT2D eigenvalue weighted by Gasteiger charge is -2.20. The lowest BCUT2D eigenvalue weighted by Crippen LogP contribution is -2.35. The van der Waals surface area contributed by atoms with Crippen molar-refractivity contribution in [1.82, 2.24) is 5.32 Å². The average Bonchev–Trinajstić information content (AvgIpc) is 2.26. The first-order valence-electron chi connectivity index (χ1n) is 6.19. The summed E-state index contributed by atoms with van der Waals surface area (Å²) in [6.07, 6.45) is 1.19. The van der Waals surface area contributed by atoms with Gasteiger partial charge in [0.25, 0.3) is 0 Å². The van der Waals surface area contributed by atoms with Crippen LogP contribution in [0.25, 0.3) is 0 Å². The van der Waals surface area contributed by atoms with E-state index in [-0.39, 0.29) is 6.10 Å². The Bertz CT molecular complexity index is 352. The highest BCUT2D eigenvalue weighted by molar-refractivity contribution is 6.30. The molecule has 1 aromatic rings. The van der Waals surface area contributed by atoms with Crippen molar-refractivity contribution >= 4 is 11.6 Å². The van der Waals surface area contributed by atoms with Crippen molar-refractivity contribution in [2.75, 3.05) is 6.54 Å². The second-order valence-electron chi connectivity index (χ2n) is 4.62. The molecule has 0 aliphatic carbocycles. The molecule has 0 amide bonds. The molecule has 0 heterocycles. The van der Waals surface area contributed by atoms with Gasteiger partial charge in [-0.1, -0.05) is 32.4 Å². The third kappa shape index (κ3) is 4.97. The largest absolute Gasteiger partial charge is 0.489 e. The van der Waals surface area contributed by atoms with Crippen LogP contribution < -0.4 is 10.1 Å². The van der Waals surface area contributed by atoms with Gasteiger partial charge in [-0.25, -0.2) is 0 Å². The first-order valence-corrected chi connectivity index (χ1v) is 6.57. The zero-order chi connectivity index (χ0) is 12.8. The molecule has 0 bridgehead atoms. The maximum atomic E-state index is 5.98. The van der Waals surface area contributed by atoms with E-state index >= 15 is 0 Å². The lowest BCUT2D eigenvalue weighted by molar-refractivity contribution is 0.189. The third-order valence-corrected chi connectivity index (χ3v) is 2.87. The summed E-state index contributed by atoms with van der Waals surface area (Å²) in [4.78, 5) is 0. The van der Waals surface area contributed by atoms with Crippen molar-refractivity contribution in [3.05, 3.63) is 28.8 Å². The molecule has 1 rings (SSSR count). The zero-order valence-corrected chi connectivity index (χ0v) is 11.8. The molecule has 1 N–H and O–H groups in total. The van der Waals surface area contributed by atoms with Gasteiger partial charge in [0.05, 0.1) is 0 Å². The van der Waals surface area contributed by atoms with Crippen molar-refractivity contribution in [3.63, 3.8) is 0 Å². The molecular weight excluding hydrogens is 234 g/mol. The van der Waals surface area contributed by atoms with Gasteiger partial charge in [-0.05, 0) is 37.1 Å². The quantitative estimate of drug-likeness (QED) is 0.835. The predicted molar refractivity (Wildman–Crippen MR) is 74.0 cm³/mol. The van der Waals surface area contributed by atoms with Crippen LogP contribution in [0.15, 0.2) is 18.2 Å². The second kappa shape index (κ2) is 6.87. The fraction of sp³-hybridized carbons (Fsp3) is 0.571. The van der Waals surface area contributed by atoms with Crippen LogP contribution in [0.3, 0.4) is 0 Å². The molecule has 0 saturated heterocycles. The smallest absolute Gasteiger partial charge is 0.122 e. The molecule has 0 aliphatic heterocycles. The summed E-state index contributed by atoms with van der Waals surface area (Å²) < 4.78 is 5.98. The van der Waals surface area contributed by atoms with Crippen LogP contribution in [0, 0.1) is 6.92 Å². The maximum Gasteiger partial charge on any atom is 0.122 e. The number of aryl methyl sites for hydroxylation is 1. The van der Waals surface area contributed by atoms with Gasteiger partial charge in [0.2, 0.25) is 0 Å². The number of hydrogen-bond acceptors (Lipinski definition) is 2. The van der Waals surface area contributed by atoms with E-state index in [1.54, 1.807) is 0 Å². The van der Waals surface area contributed by atoms with E-state index in [2.05, 4.69) is 26.1 Å². The minimum atomic E-state index is 0.206. The van der Waals surface area contributed by atoms with Gasteiger partial charge in [-0.2, -0.15) is 0 Å². The van der Waals surface area contributed by atoms with Crippen LogP contribution in [0.2, 0.25) is 5.02 Å². The van der Waals surface area contributed by atoms with Crippen LogP contribution >= 0.6 is 11.6 Å². The fourth-order valence-corrected chi connectivity index (χ4v) is 1.79. The van der Waals surface area contributed by atoms with Crippen LogP contribution in [0.5, 0.6) is 5.75 Å². The van der Waals surface area contributed by atoms with Crippen LogP contribution in [-0.4, -0.2) is 18.7 Å². The van der Waals surface area contributed by atoms with Gasteiger partial charge in [0.15, 0.2) is 0 Å². The van der Waals surface area contributed by atoms with E-state index in [0.29, 0.717) is 6.04 Å². The summed E-state index contributed by atoms with van der Waals surface area (Å²) in [6.45, 7) is 9.30. The number of halogens is 1. The van der Waals surface area contributed by atoms with Gasteiger partial charge in [-0.15, -0.1) is 0 Å². The van der Waals surface area contributed by atoms with E-state index in [1.807, 2.05) is 25.1 Å². The molecule has 0 radical (unpaired) electrons. The predicted octanol–water partition coefficient (Wildman–Crippen LogP) is 3.80. The number of rotatable bonds is 6. The van der Waals surface area contributed by atoms with Crippen LogP contribution in [0.4, 0.5) is 0 Å². The highest BCUT2D eigenvalue weighted by Crippen LogP contribution is 2.23. The highest BCUT2D eigenvalue weighted by atomic mass is 35.5. The van der Waals surface area contributed by atoms with Crippen LogP contribution in [0.1, 0.15) is 32.8 Å². The molecule has 17 heavy (non-hydrogen) atoms. The summed E-state index contributed by atoms with van der Waals surface area (Å²) in [7, 11) is 0. The summed E-state index contributed by atoms with van der Waals surface area (Å²) in [5.74, 6) is 0.923. The lowest BCUT2D eigenvalue weighted by atomic mass is 10.2. The third-order valence-electron chi connectivity index (χ3n) is 2.64. The Morgan fingerprint density at radius 1 is 1.35 bits per heavy atom. The Morgan fingerprint density at radius 2 is 2.06 bits per heavy atom. The standard InChI is InChI=1S/C14H22ClNO/c1-5-13(9-16-10(2)3)17-14-7-6-12(15)8-11(14)4/h6-8,10,13,16H,5,9H2,1-4H3. The summed E-state index contributed by atoms with van der Waals surface area (Å²) >= 11 is 5.92. The van der Waals surface area contributed by atoms with Crippen LogP contribution in [-0.2, 0) is 0 Å². The van der Waals surface area contributed by atoms with E-state index < -0.39 is 0 Å². The van der Waals surface area contributed by atoms with E-state index in [0.717, 1.165) is 29.3 Å². The van der Waals surface area contributed by atoms with Gasteiger partial charge in [-0.3, -0.25) is 0 Å². The van der Waals surface area contributed by atoms with Gasteiger partial charge in [0, 0.05) is 17.6 Å². The second-order valence-corrected chi connectivity index (χ2v) is 5.06. The summed E-state index contributed by atoms with van der Waals surface area (Å²) in [6, 6.07) is 6.22. The molecule has 2 nitrogen and oxygen atoms in total. The van der Waals surface area contributed by atoms with E-state index in [4.69, 9.17) is 16.3 Å². The SMILES string of the molecule is CCC(CNC(C)C)Oc1ccc(Cl)cc1C. The van der Waals surface area contributed by atoms with E-state index in [1.165, 1.54) is 0 Å². The molecule has 0 aromatic heterocycles. The average molecular weight is 256 g/mol. The first-order chi connectivity index (χ1) is 8.02. The highest BCUT2D eigenvalue weighted by Gasteiger charge is 2.10. The molecule has 0 spiro atoms. The van der Waals surface area contributed by atoms with Gasteiger partial charge < -0.3 is 10.1 Å². The number of hydrogen-bond donors (Lipinski definition) is 1. The first kappa shape index (κ1) is 14.3. The Hall–Kier alpha value is -0.730. The van der Waals surface area contributed by atoms with Crippen molar-refractivity contribution in [2.45, 2.75) is 46.3 Å². The topological polar surface area (TPSA) is 21.3 Å². The molecule has 1 unspecified atom stereocenters. The molecule has 3 heteroatoms. The van der Waals surface area contributed by atoms with Crippen molar-refractivity contribution in [3.8, 4) is 5.75 Å². The monoisotopic (exact) mass is 255 g/mol. The molecule has 1 atom stereocenters. The number of nitrogens with one attached hydrogen (secondary N) is 1. The molecule has 0 saturated carbocycles. The van der Waals surface area contributed by atoms with Crippen molar-refractivity contribution in [1.29, 1.82) is 0 Å². The minimum absolute atomic E-state index is 0.206. The Labute approximate surface area is 109 Å². The van der Waals surface area contributed by atoms with E-state index in [9.17, 15) is 0 Å². The summed E-state index contributed by atoms with van der Waals surface area (Å²) in [5, 5.41) is 4.15. The van der Waals surface area contributed by atoms with Gasteiger partial charge in [0.1, 0.15) is 11.9 Å². The molecule has 0 fully saturated rings. The Morgan fingerprint density at radius 3 is 2.59 bits per heavy atom. The number of benzene rings is 1. The number of ether oxygens (including phenoxy) is 1. The Balaban J connectivity index is 2.60. The molecular formula is C14H22ClNO. The molecule has 1 aromatic carbocycles. The van der Waals surface area contributed by atoms with Gasteiger partial charge >= 0.3 is 0 Å². The molecule has 96 valence electrons. The fourth-order valence-electron chi connectivity index (χ4n) is 1.56. The summed E-state index contributed by atoms with van der Waals surface area (Å²) in [5.41, 5.74) is 1.08. The Kier molecular flexibility index (Phi) is 5.79. The maximum absolute atomic E-state index is 5.98.